The van der Waals surface area contributed by atoms with Crippen LogP contribution < -0.4 is 0 Å². The van der Waals surface area contributed by atoms with Crippen molar-refractivity contribution in [3.8, 4) is 0 Å². The summed E-state index contributed by atoms with van der Waals surface area (Å²) in [6, 6.07) is 10.7. The van der Waals surface area contributed by atoms with Crippen molar-refractivity contribution in [3.05, 3.63) is 35.9 Å². The molecule has 98 valence electrons. The van der Waals surface area contributed by atoms with E-state index in [9.17, 15) is 4.79 Å². The molecule has 0 saturated heterocycles. The number of ketones is 1. The summed E-state index contributed by atoms with van der Waals surface area (Å²) in [7, 11) is 0. The van der Waals surface area contributed by atoms with E-state index in [0.29, 0.717) is 5.78 Å². The summed E-state index contributed by atoms with van der Waals surface area (Å²) in [4.78, 5) is 11.8. The minimum atomic E-state index is 0.257. The number of benzene rings is 1. The second-order valence-electron chi connectivity index (χ2n) is 5.83. The van der Waals surface area contributed by atoms with Crippen molar-refractivity contribution in [2.24, 2.45) is 5.41 Å². The number of hydrogen-bond donors (Lipinski definition) is 0. The lowest BCUT2D eigenvalue weighted by Crippen LogP contribution is -2.31. The van der Waals surface area contributed by atoms with Crippen molar-refractivity contribution >= 4 is 5.78 Å². The van der Waals surface area contributed by atoms with Crippen molar-refractivity contribution in [3.63, 3.8) is 0 Å². The average molecular weight is 244 g/mol. The summed E-state index contributed by atoms with van der Waals surface area (Å²) < 4.78 is 0. The van der Waals surface area contributed by atoms with Gasteiger partial charge < -0.3 is 0 Å². The van der Waals surface area contributed by atoms with Gasteiger partial charge in [-0.2, -0.15) is 0 Å². The van der Waals surface area contributed by atoms with Gasteiger partial charge in [0, 0.05) is 12.8 Å². The second-order valence-corrected chi connectivity index (χ2v) is 5.83. The van der Waals surface area contributed by atoms with Crippen molar-refractivity contribution in [1.29, 1.82) is 0 Å². The lowest BCUT2D eigenvalue weighted by Gasteiger charge is -2.37. The van der Waals surface area contributed by atoms with Crippen LogP contribution in [0.25, 0.3) is 0 Å². The van der Waals surface area contributed by atoms with E-state index in [2.05, 4.69) is 37.3 Å². The van der Waals surface area contributed by atoms with Gasteiger partial charge in [-0.1, -0.05) is 50.1 Å². The molecule has 1 unspecified atom stereocenters. The molecule has 1 saturated carbocycles. The predicted molar refractivity (Wildman–Crippen MR) is 75.6 cm³/mol. The maximum atomic E-state index is 11.8. The first-order chi connectivity index (χ1) is 8.74. The molecule has 1 nitrogen and oxygen atoms in total. The van der Waals surface area contributed by atoms with Gasteiger partial charge in [-0.05, 0) is 36.7 Å². The van der Waals surface area contributed by atoms with Crippen LogP contribution in [-0.2, 0) is 11.2 Å². The lowest BCUT2D eigenvalue weighted by molar-refractivity contribution is -0.124. The highest BCUT2D eigenvalue weighted by Gasteiger charge is 2.34. The molecule has 0 heterocycles. The zero-order valence-corrected chi connectivity index (χ0v) is 11.5. The highest BCUT2D eigenvalue weighted by molar-refractivity contribution is 5.79. The third-order valence-corrected chi connectivity index (χ3v) is 4.22. The molecule has 0 aliphatic heterocycles. The first kappa shape index (κ1) is 13.3. The molecule has 1 fully saturated rings. The second kappa shape index (κ2) is 6.17. The smallest absolute Gasteiger partial charge is 0.133 e. The number of carbonyl (C=O) groups is 1. The number of carbonyl (C=O) groups excluding carboxylic acids is 1. The van der Waals surface area contributed by atoms with Gasteiger partial charge in [-0.25, -0.2) is 0 Å². The van der Waals surface area contributed by atoms with Crippen molar-refractivity contribution < 1.29 is 4.79 Å². The van der Waals surface area contributed by atoms with E-state index < -0.39 is 0 Å². The van der Waals surface area contributed by atoms with E-state index >= 15 is 0 Å². The SMILES string of the molecule is CCCCC1(Cc2ccccc2)CCCC(=O)C1. The van der Waals surface area contributed by atoms with Crippen LogP contribution >= 0.6 is 0 Å². The van der Waals surface area contributed by atoms with Crippen LogP contribution in [0.15, 0.2) is 30.3 Å². The molecule has 1 aliphatic carbocycles. The molecule has 2 rings (SSSR count). The maximum Gasteiger partial charge on any atom is 0.133 e. The number of unbranched alkanes of at least 4 members (excludes halogenated alkanes) is 1. The lowest BCUT2D eigenvalue weighted by atomic mass is 9.67. The minimum Gasteiger partial charge on any atom is -0.300 e. The Labute approximate surface area is 111 Å². The van der Waals surface area contributed by atoms with Crippen LogP contribution in [0.4, 0.5) is 0 Å². The number of rotatable bonds is 5. The summed E-state index contributed by atoms with van der Waals surface area (Å²) in [5.41, 5.74) is 1.65. The molecule has 1 aliphatic rings. The fourth-order valence-electron chi connectivity index (χ4n) is 3.29. The molecule has 0 amide bonds. The molecule has 0 bridgehead atoms. The zero-order chi connectivity index (χ0) is 12.8. The molecule has 1 aromatic carbocycles. The van der Waals surface area contributed by atoms with Crippen molar-refractivity contribution in [1.82, 2.24) is 0 Å². The Bertz CT molecular complexity index is 382. The van der Waals surface area contributed by atoms with E-state index in [1.807, 2.05) is 0 Å². The first-order valence-electron chi connectivity index (χ1n) is 7.30. The van der Waals surface area contributed by atoms with Gasteiger partial charge in [-0.15, -0.1) is 0 Å². The van der Waals surface area contributed by atoms with E-state index in [4.69, 9.17) is 0 Å². The van der Waals surface area contributed by atoms with Crippen LogP contribution in [0.5, 0.6) is 0 Å². The molecule has 1 heteroatoms. The molecular weight excluding hydrogens is 220 g/mol. The highest BCUT2D eigenvalue weighted by Crippen LogP contribution is 2.41. The largest absolute Gasteiger partial charge is 0.300 e. The molecule has 0 radical (unpaired) electrons. The predicted octanol–water partition coefficient (Wildman–Crippen LogP) is 4.55. The Kier molecular flexibility index (Phi) is 4.57. The summed E-state index contributed by atoms with van der Waals surface area (Å²) in [5, 5.41) is 0. The third-order valence-electron chi connectivity index (χ3n) is 4.22. The normalized spacial score (nSPS) is 24.2. The van der Waals surface area contributed by atoms with Gasteiger partial charge in [0.1, 0.15) is 5.78 Å². The first-order valence-corrected chi connectivity index (χ1v) is 7.30. The number of Topliss-reactive ketones (excluding diaryl/α,β-unsaturated/α-hetero) is 1. The van der Waals surface area contributed by atoms with Gasteiger partial charge >= 0.3 is 0 Å². The Balaban J connectivity index is 2.11. The highest BCUT2D eigenvalue weighted by atomic mass is 16.1. The Morgan fingerprint density at radius 1 is 1.22 bits per heavy atom. The van der Waals surface area contributed by atoms with Crippen LogP contribution in [-0.4, -0.2) is 5.78 Å². The van der Waals surface area contributed by atoms with Gasteiger partial charge in [0.15, 0.2) is 0 Å². The Hall–Kier alpha value is -1.11. The fraction of sp³-hybridized carbons (Fsp3) is 0.588. The molecule has 18 heavy (non-hydrogen) atoms. The van der Waals surface area contributed by atoms with E-state index in [-0.39, 0.29) is 5.41 Å². The molecule has 1 atom stereocenters. The standard InChI is InChI=1S/C17H24O/c1-2-3-11-17(12-7-10-16(18)14-17)13-15-8-5-4-6-9-15/h4-6,8-9H,2-3,7,10-14H2,1H3. The fourth-order valence-corrected chi connectivity index (χ4v) is 3.29. The van der Waals surface area contributed by atoms with E-state index in [1.54, 1.807) is 0 Å². The van der Waals surface area contributed by atoms with Crippen molar-refractivity contribution in [2.45, 2.75) is 58.3 Å². The quantitative estimate of drug-likeness (QED) is 0.742. The van der Waals surface area contributed by atoms with Gasteiger partial charge in [-0.3, -0.25) is 4.79 Å². The monoisotopic (exact) mass is 244 g/mol. The van der Waals surface area contributed by atoms with Crippen LogP contribution in [0.1, 0.15) is 57.4 Å². The summed E-state index contributed by atoms with van der Waals surface area (Å²) in [6.07, 6.45) is 8.71. The van der Waals surface area contributed by atoms with Crippen LogP contribution in [0, 0.1) is 5.41 Å². The Morgan fingerprint density at radius 3 is 2.67 bits per heavy atom. The molecular formula is C17H24O. The molecule has 0 spiro atoms. The summed E-state index contributed by atoms with van der Waals surface area (Å²) in [5.74, 6) is 0.480. The summed E-state index contributed by atoms with van der Waals surface area (Å²) in [6.45, 7) is 2.24. The van der Waals surface area contributed by atoms with E-state index in [0.717, 1.165) is 25.7 Å². The summed E-state index contributed by atoms with van der Waals surface area (Å²) >= 11 is 0. The van der Waals surface area contributed by atoms with E-state index in [1.165, 1.54) is 31.2 Å². The molecule has 0 aromatic heterocycles. The van der Waals surface area contributed by atoms with Gasteiger partial charge in [0.2, 0.25) is 0 Å². The molecule has 0 N–H and O–H groups in total. The topological polar surface area (TPSA) is 17.1 Å². The van der Waals surface area contributed by atoms with Crippen LogP contribution in [0.2, 0.25) is 0 Å². The minimum absolute atomic E-state index is 0.257. The zero-order valence-electron chi connectivity index (χ0n) is 11.5. The van der Waals surface area contributed by atoms with Gasteiger partial charge in [0.05, 0.1) is 0 Å². The third kappa shape index (κ3) is 3.44. The average Bonchev–Trinajstić information content (AvgIpc) is 2.38. The van der Waals surface area contributed by atoms with Gasteiger partial charge in [0.25, 0.3) is 0 Å². The number of hydrogen-bond acceptors (Lipinski definition) is 1. The Morgan fingerprint density at radius 2 is 2.00 bits per heavy atom. The molecule has 1 aromatic rings. The van der Waals surface area contributed by atoms with Crippen molar-refractivity contribution in [2.75, 3.05) is 0 Å². The maximum absolute atomic E-state index is 11.8. The van der Waals surface area contributed by atoms with Crippen LogP contribution in [0.3, 0.4) is 0 Å².